The van der Waals surface area contributed by atoms with Gasteiger partial charge in [-0.2, -0.15) is 0 Å². The molecule has 1 aromatic rings. The second-order valence-corrected chi connectivity index (χ2v) is 5.61. The topological polar surface area (TPSA) is 17.1 Å². The van der Waals surface area contributed by atoms with Crippen LogP contribution in [0.25, 0.3) is 0 Å². The number of hydrogen-bond acceptors (Lipinski definition) is 1. The summed E-state index contributed by atoms with van der Waals surface area (Å²) < 4.78 is 0. The van der Waals surface area contributed by atoms with E-state index in [2.05, 4.69) is 45.0 Å². The lowest BCUT2D eigenvalue weighted by atomic mass is 9.80. The summed E-state index contributed by atoms with van der Waals surface area (Å²) in [6.07, 6.45) is 2.29. The molecule has 0 spiro atoms. The molecule has 0 saturated heterocycles. The molecule has 0 radical (unpaired) electrons. The number of aryl methyl sites for hydroxylation is 1. The van der Waals surface area contributed by atoms with Crippen molar-refractivity contribution in [2.45, 2.75) is 46.5 Å². The Morgan fingerprint density at radius 3 is 2.18 bits per heavy atom. The van der Waals surface area contributed by atoms with Crippen LogP contribution in [-0.4, -0.2) is 5.78 Å². The van der Waals surface area contributed by atoms with Gasteiger partial charge in [-0.25, -0.2) is 0 Å². The minimum Gasteiger partial charge on any atom is -0.295 e. The standard InChI is InChI=1S/C16H22O/c1-12(2)10-15(17)11-16(4,5)14-8-6-13(3)7-9-14/h6-10H,11H2,1-5H3. The van der Waals surface area contributed by atoms with Gasteiger partial charge >= 0.3 is 0 Å². The summed E-state index contributed by atoms with van der Waals surface area (Å²) in [7, 11) is 0. The Bertz CT molecular complexity index is 417. The highest BCUT2D eigenvalue weighted by Gasteiger charge is 2.23. The van der Waals surface area contributed by atoms with Crippen molar-refractivity contribution in [3.63, 3.8) is 0 Å². The Labute approximate surface area is 105 Å². The fraction of sp³-hybridized carbons (Fsp3) is 0.438. The molecule has 17 heavy (non-hydrogen) atoms. The maximum atomic E-state index is 11.8. The third-order valence-electron chi connectivity index (χ3n) is 2.90. The molecule has 0 aliphatic rings. The van der Waals surface area contributed by atoms with Crippen LogP contribution in [0.4, 0.5) is 0 Å². The largest absolute Gasteiger partial charge is 0.295 e. The first kappa shape index (κ1) is 13.7. The molecule has 92 valence electrons. The van der Waals surface area contributed by atoms with Gasteiger partial charge in [0.2, 0.25) is 0 Å². The zero-order chi connectivity index (χ0) is 13.1. The van der Waals surface area contributed by atoms with Gasteiger partial charge in [0.15, 0.2) is 5.78 Å². The molecule has 1 rings (SSSR count). The highest BCUT2D eigenvalue weighted by atomic mass is 16.1. The first-order chi connectivity index (χ1) is 7.81. The van der Waals surface area contributed by atoms with E-state index in [1.165, 1.54) is 11.1 Å². The van der Waals surface area contributed by atoms with E-state index in [-0.39, 0.29) is 11.2 Å². The van der Waals surface area contributed by atoms with Crippen LogP contribution in [0.2, 0.25) is 0 Å². The van der Waals surface area contributed by atoms with E-state index in [1.807, 2.05) is 13.8 Å². The summed E-state index contributed by atoms with van der Waals surface area (Å²) in [5.41, 5.74) is 3.44. The van der Waals surface area contributed by atoms with Crippen molar-refractivity contribution in [2.75, 3.05) is 0 Å². The first-order valence-corrected chi connectivity index (χ1v) is 6.06. The minimum absolute atomic E-state index is 0.100. The molecule has 0 unspecified atom stereocenters. The zero-order valence-electron chi connectivity index (χ0n) is 11.5. The maximum Gasteiger partial charge on any atom is 0.156 e. The Kier molecular flexibility index (Phi) is 4.28. The lowest BCUT2D eigenvalue weighted by molar-refractivity contribution is -0.115. The molecular formula is C16H22O. The van der Waals surface area contributed by atoms with Crippen LogP contribution in [-0.2, 0) is 10.2 Å². The molecule has 0 aliphatic carbocycles. The van der Waals surface area contributed by atoms with Gasteiger partial charge in [0.05, 0.1) is 0 Å². The second-order valence-electron chi connectivity index (χ2n) is 5.61. The third kappa shape index (κ3) is 4.18. The van der Waals surface area contributed by atoms with Crippen molar-refractivity contribution in [3.05, 3.63) is 47.0 Å². The third-order valence-corrected chi connectivity index (χ3v) is 2.90. The van der Waals surface area contributed by atoms with Gasteiger partial charge in [-0.05, 0) is 37.8 Å². The Morgan fingerprint density at radius 1 is 1.18 bits per heavy atom. The summed E-state index contributed by atoms with van der Waals surface area (Å²) in [4.78, 5) is 11.8. The lowest BCUT2D eigenvalue weighted by Crippen LogP contribution is -2.21. The number of hydrogen-bond donors (Lipinski definition) is 0. The van der Waals surface area contributed by atoms with Crippen LogP contribution in [0, 0.1) is 6.92 Å². The van der Waals surface area contributed by atoms with Gasteiger partial charge < -0.3 is 0 Å². The Morgan fingerprint density at radius 2 is 1.71 bits per heavy atom. The highest BCUT2D eigenvalue weighted by Crippen LogP contribution is 2.27. The molecule has 0 heterocycles. The van der Waals surface area contributed by atoms with Gasteiger partial charge in [-0.15, -0.1) is 0 Å². The number of allylic oxidation sites excluding steroid dienone is 2. The van der Waals surface area contributed by atoms with Crippen molar-refractivity contribution < 1.29 is 4.79 Å². The normalized spacial score (nSPS) is 11.1. The average Bonchev–Trinajstić information content (AvgIpc) is 2.15. The van der Waals surface area contributed by atoms with Gasteiger partial charge in [-0.1, -0.05) is 49.2 Å². The maximum absolute atomic E-state index is 11.8. The minimum atomic E-state index is -0.100. The molecular weight excluding hydrogens is 208 g/mol. The van der Waals surface area contributed by atoms with E-state index in [0.29, 0.717) is 6.42 Å². The van der Waals surface area contributed by atoms with Crippen LogP contribution >= 0.6 is 0 Å². The van der Waals surface area contributed by atoms with Crippen LogP contribution in [0.5, 0.6) is 0 Å². The molecule has 0 amide bonds. The quantitative estimate of drug-likeness (QED) is 0.708. The lowest BCUT2D eigenvalue weighted by Gasteiger charge is -2.24. The smallest absolute Gasteiger partial charge is 0.156 e. The number of carbonyl (C=O) groups excluding carboxylic acids is 1. The zero-order valence-corrected chi connectivity index (χ0v) is 11.5. The van der Waals surface area contributed by atoms with E-state index in [4.69, 9.17) is 0 Å². The second kappa shape index (κ2) is 5.31. The number of ketones is 1. The summed E-state index contributed by atoms with van der Waals surface area (Å²) in [6, 6.07) is 8.43. The molecule has 0 bridgehead atoms. The van der Waals surface area contributed by atoms with E-state index in [0.717, 1.165) is 5.57 Å². The molecule has 0 N–H and O–H groups in total. The van der Waals surface area contributed by atoms with Crippen molar-refractivity contribution >= 4 is 5.78 Å². The summed E-state index contributed by atoms with van der Waals surface area (Å²) >= 11 is 0. The Balaban J connectivity index is 2.85. The predicted octanol–water partition coefficient (Wildman–Crippen LogP) is 4.20. The summed E-state index contributed by atoms with van der Waals surface area (Å²) in [6.45, 7) is 10.2. The van der Waals surface area contributed by atoms with Gasteiger partial charge in [0.1, 0.15) is 0 Å². The summed E-state index contributed by atoms with van der Waals surface area (Å²) in [5, 5.41) is 0. The SMILES string of the molecule is CC(C)=CC(=O)CC(C)(C)c1ccc(C)cc1. The van der Waals surface area contributed by atoms with Gasteiger partial charge in [0, 0.05) is 6.42 Å². The molecule has 1 nitrogen and oxygen atoms in total. The monoisotopic (exact) mass is 230 g/mol. The van der Waals surface area contributed by atoms with Crippen LogP contribution < -0.4 is 0 Å². The summed E-state index contributed by atoms with van der Waals surface area (Å²) in [5.74, 6) is 0.204. The molecule has 0 saturated carbocycles. The molecule has 0 aliphatic heterocycles. The molecule has 0 aromatic heterocycles. The predicted molar refractivity (Wildman–Crippen MR) is 73.3 cm³/mol. The molecule has 1 aromatic carbocycles. The molecule has 0 atom stereocenters. The fourth-order valence-corrected chi connectivity index (χ4v) is 1.92. The van der Waals surface area contributed by atoms with Gasteiger partial charge in [0.25, 0.3) is 0 Å². The first-order valence-electron chi connectivity index (χ1n) is 6.06. The van der Waals surface area contributed by atoms with E-state index < -0.39 is 0 Å². The van der Waals surface area contributed by atoms with Crippen molar-refractivity contribution in [1.82, 2.24) is 0 Å². The van der Waals surface area contributed by atoms with E-state index in [1.54, 1.807) is 6.08 Å². The van der Waals surface area contributed by atoms with E-state index >= 15 is 0 Å². The fourth-order valence-electron chi connectivity index (χ4n) is 1.92. The number of carbonyl (C=O) groups is 1. The van der Waals surface area contributed by atoms with Crippen LogP contribution in [0.3, 0.4) is 0 Å². The van der Waals surface area contributed by atoms with Crippen molar-refractivity contribution in [1.29, 1.82) is 0 Å². The van der Waals surface area contributed by atoms with Gasteiger partial charge in [-0.3, -0.25) is 4.79 Å². The van der Waals surface area contributed by atoms with Crippen molar-refractivity contribution in [3.8, 4) is 0 Å². The van der Waals surface area contributed by atoms with Crippen LogP contribution in [0.1, 0.15) is 45.2 Å². The van der Waals surface area contributed by atoms with Crippen molar-refractivity contribution in [2.24, 2.45) is 0 Å². The molecule has 0 fully saturated rings. The highest BCUT2D eigenvalue weighted by molar-refractivity contribution is 5.91. The Hall–Kier alpha value is -1.37. The molecule has 1 heteroatoms. The number of benzene rings is 1. The average molecular weight is 230 g/mol. The number of rotatable bonds is 4. The van der Waals surface area contributed by atoms with Crippen LogP contribution in [0.15, 0.2) is 35.9 Å². The van der Waals surface area contributed by atoms with E-state index in [9.17, 15) is 4.79 Å².